The van der Waals surface area contributed by atoms with Crippen LogP contribution in [0.2, 0.25) is 0 Å². The summed E-state index contributed by atoms with van der Waals surface area (Å²) in [6.45, 7) is 5.65. The summed E-state index contributed by atoms with van der Waals surface area (Å²) in [5, 5.41) is 0. The van der Waals surface area contributed by atoms with Crippen LogP contribution in [0.3, 0.4) is 0 Å². The van der Waals surface area contributed by atoms with Crippen molar-refractivity contribution in [1.82, 2.24) is 4.72 Å². The molecule has 1 unspecified atom stereocenters. The van der Waals surface area contributed by atoms with E-state index in [-0.39, 0.29) is 10.9 Å². The molecule has 0 bridgehead atoms. The van der Waals surface area contributed by atoms with Crippen LogP contribution >= 0.6 is 0 Å². The molecule has 0 aliphatic heterocycles. The SMILES string of the molecule is CCCCCC(C)NS(=O)(=O)c1ccc(C(=O)OC)cc1C. The summed E-state index contributed by atoms with van der Waals surface area (Å²) in [5.74, 6) is -0.479. The maximum Gasteiger partial charge on any atom is 0.337 e. The fourth-order valence-electron chi connectivity index (χ4n) is 2.28. The van der Waals surface area contributed by atoms with Crippen molar-refractivity contribution in [1.29, 1.82) is 0 Å². The number of carbonyl (C=O) groups is 1. The van der Waals surface area contributed by atoms with Gasteiger partial charge in [0.15, 0.2) is 0 Å². The summed E-state index contributed by atoms with van der Waals surface area (Å²) in [4.78, 5) is 11.7. The molecule has 0 amide bonds. The van der Waals surface area contributed by atoms with E-state index in [4.69, 9.17) is 0 Å². The first-order valence-corrected chi connectivity index (χ1v) is 9.01. The molecular formula is C16H25NO4S. The Hall–Kier alpha value is -1.40. The van der Waals surface area contributed by atoms with Crippen molar-refractivity contribution < 1.29 is 17.9 Å². The Kier molecular flexibility index (Phi) is 7.03. The smallest absolute Gasteiger partial charge is 0.337 e. The summed E-state index contributed by atoms with van der Waals surface area (Å²) in [6, 6.07) is 4.33. The Balaban J connectivity index is 2.87. The number of methoxy groups -OCH3 is 1. The van der Waals surface area contributed by atoms with E-state index in [1.807, 2.05) is 6.92 Å². The molecule has 6 heteroatoms. The van der Waals surface area contributed by atoms with Gasteiger partial charge >= 0.3 is 5.97 Å². The monoisotopic (exact) mass is 327 g/mol. The number of unbranched alkanes of at least 4 members (excludes halogenated alkanes) is 2. The third kappa shape index (κ3) is 5.10. The quantitative estimate of drug-likeness (QED) is 0.588. The first-order valence-electron chi connectivity index (χ1n) is 7.53. The molecule has 0 saturated carbocycles. The Morgan fingerprint density at radius 3 is 2.55 bits per heavy atom. The highest BCUT2D eigenvalue weighted by molar-refractivity contribution is 7.89. The van der Waals surface area contributed by atoms with Gasteiger partial charge in [0.05, 0.1) is 17.6 Å². The molecule has 0 radical (unpaired) electrons. The van der Waals surface area contributed by atoms with Gasteiger partial charge in [0.25, 0.3) is 0 Å². The highest BCUT2D eigenvalue weighted by Gasteiger charge is 2.20. The van der Waals surface area contributed by atoms with Crippen LogP contribution < -0.4 is 4.72 Å². The summed E-state index contributed by atoms with van der Waals surface area (Å²) in [7, 11) is -2.29. The van der Waals surface area contributed by atoms with Gasteiger partial charge in [-0.1, -0.05) is 26.2 Å². The minimum absolute atomic E-state index is 0.115. The van der Waals surface area contributed by atoms with E-state index in [0.29, 0.717) is 11.1 Å². The minimum atomic E-state index is -3.58. The van der Waals surface area contributed by atoms with Crippen molar-refractivity contribution in [3.05, 3.63) is 29.3 Å². The Morgan fingerprint density at radius 2 is 2.00 bits per heavy atom. The van der Waals surface area contributed by atoms with E-state index in [9.17, 15) is 13.2 Å². The number of benzene rings is 1. The number of hydrogen-bond acceptors (Lipinski definition) is 4. The van der Waals surface area contributed by atoms with Crippen LogP contribution in [0.1, 0.15) is 55.5 Å². The first kappa shape index (κ1) is 18.6. The molecule has 0 fully saturated rings. The van der Waals surface area contributed by atoms with Gasteiger partial charge in [0.1, 0.15) is 0 Å². The van der Waals surface area contributed by atoms with Crippen LogP contribution in [0.4, 0.5) is 0 Å². The molecule has 0 aromatic heterocycles. The predicted molar refractivity (Wildman–Crippen MR) is 86.4 cm³/mol. The molecule has 5 nitrogen and oxygen atoms in total. The van der Waals surface area contributed by atoms with Crippen molar-refractivity contribution in [2.24, 2.45) is 0 Å². The Bertz CT molecular complexity index is 611. The maximum absolute atomic E-state index is 12.4. The van der Waals surface area contributed by atoms with Gasteiger partial charge in [0, 0.05) is 6.04 Å². The Morgan fingerprint density at radius 1 is 1.32 bits per heavy atom. The molecule has 22 heavy (non-hydrogen) atoms. The van der Waals surface area contributed by atoms with Crippen LogP contribution in [0.25, 0.3) is 0 Å². The van der Waals surface area contributed by atoms with E-state index < -0.39 is 16.0 Å². The standard InChI is InChI=1S/C16H25NO4S/c1-5-6-7-8-13(3)17-22(19,20)15-10-9-14(11-12(15)2)16(18)21-4/h9-11,13,17H,5-8H2,1-4H3. The minimum Gasteiger partial charge on any atom is -0.465 e. The molecule has 1 aromatic rings. The van der Waals surface area contributed by atoms with Gasteiger partial charge < -0.3 is 4.74 Å². The van der Waals surface area contributed by atoms with Crippen molar-refractivity contribution in [3.63, 3.8) is 0 Å². The molecule has 1 N–H and O–H groups in total. The second-order valence-corrected chi connectivity index (χ2v) is 7.17. The van der Waals surface area contributed by atoms with Crippen LogP contribution in [0, 0.1) is 6.92 Å². The van der Waals surface area contributed by atoms with Gasteiger partial charge in [-0.15, -0.1) is 0 Å². The number of carbonyl (C=O) groups excluding carboxylic acids is 1. The Labute approximate surface area is 133 Å². The molecule has 0 aliphatic rings. The lowest BCUT2D eigenvalue weighted by Gasteiger charge is -2.15. The molecular weight excluding hydrogens is 302 g/mol. The zero-order chi connectivity index (χ0) is 16.8. The summed E-state index contributed by atoms with van der Waals surface area (Å²) < 4.78 is 32.2. The van der Waals surface area contributed by atoms with Gasteiger partial charge in [0.2, 0.25) is 10.0 Å². The summed E-state index contributed by atoms with van der Waals surface area (Å²) >= 11 is 0. The summed E-state index contributed by atoms with van der Waals surface area (Å²) in [5.41, 5.74) is 0.867. The lowest BCUT2D eigenvalue weighted by molar-refractivity contribution is 0.0600. The van der Waals surface area contributed by atoms with Gasteiger partial charge in [-0.05, 0) is 44.0 Å². The maximum atomic E-state index is 12.4. The number of nitrogens with one attached hydrogen (secondary N) is 1. The number of aryl methyl sites for hydroxylation is 1. The molecule has 0 heterocycles. The third-order valence-electron chi connectivity index (χ3n) is 3.48. The van der Waals surface area contributed by atoms with Crippen molar-refractivity contribution in [3.8, 4) is 0 Å². The van der Waals surface area contributed by atoms with E-state index in [1.54, 1.807) is 6.92 Å². The van der Waals surface area contributed by atoms with E-state index in [0.717, 1.165) is 25.7 Å². The zero-order valence-corrected chi connectivity index (χ0v) is 14.5. The van der Waals surface area contributed by atoms with Gasteiger partial charge in [-0.25, -0.2) is 17.9 Å². The third-order valence-corrected chi connectivity index (χ3v) is 5.23. The fraction of sp³-hybridized carbons (Fsp3) is 0.562. The zero-order valence-electron chi connectivity index (χ0n) is 13.7. The molecule has 1 atom stereocenters. The number of esters is 1. The molecule has 0 spiro atoms. The summed E-state index contributed by atoms with van der Waals surface area (Å²) in [6.07, 6.45) is 4.01. The lowest BCUT2D eigenvalue weighted by atomic mass is 10.1. The normalized spacial score (nSPS) is 12.9. The van der Waals surface area contributed by atoms with E-state index in [2.05, 4.69) is 16.4 Å². The van der Waals surface area contributed by atoms with Crippen molar-refractivity contribution in [2.45, 2.75) is 57.4 Å². The largest absolute Gasteiger partial charge is 0.465 e. The van der Waals surface area contributed by atoms with Gasteiger partial charge in [-0.2, -0.15) is 0 Å². The van der Waals surface area contributed by atoms with E-state index >= 15 is 0 Å². The number of ether oxygens (including phenoxy) is 1. The second-order valence-electron chi connectivity index (χ2n) is 5.49. The fourth-order valence-corrected chi connectivity index (χ4v) is 3.79. The topological polar surface area (TPSA) is 72.5 Å². The molecule has 124 valence electrons. The van der Waals surface area contributed by atoms with Crippen LogP contribution in [-0.2, 0) is 14.8 Å². The van der Waals surface area contributed by atoms with E-state index in [1.165, 1.54) is 25.3 Å². The predicted octanol–water partition coefficient (Wildman–Crippen LogP) is 3.03. The molecule has 1 rings (SSSR count). The van der Waals surface area contributed by atoms with Crippen molar-refractivity contribution in [2.75, 3.05) is 7.11 Å². The number of rotatable bonds is 8. The number of hydrogen-bond donors (Lipinski definition) is 1. The molecule has 1 aromatic carbocycles. The number of sulfonamides is 1. The van der Waals surface area contributed by atoms with Gasteiger partial charge in [-0.3, -0.25) is 0 Å². The first-order chi connectivity index (χ1) is 10.3. The average molecular weight is 327 g/mol. The van der Waals surface area contributed by atoms with Crippen molar-refractivity contribution >= 4 is 16.0 Å². The second kappa shape index (κ2) is 8.29. The highest BCUT2D eigenvalue weighted by Crippen LogP contribution is 2.18. The van der Waals surface area contributed by atoms with Crippen LogP contribution in [0.5, 0.6) is 0 Å². The molecule has 0 aliphatic carbocycles. The van der Waals surface area contributed by atoms with Crippen LogP contribution in [-0.4, -0.2) is 27.5 Å². The average Bonchev–Trinajstić information content (AvgIpc) is 2.45. The highest BCUT2D eigenvalue weighted by atomic mass is 32.2. The van der Waals surface area contributed by atoms with Crippen LogP contribution in [0.15, 0.2) is 23.1 Å². The molecule has 0 saturated heterocycles. The lowest BCUT2D eigenvalue weighted by Crippen LogP contribution is -2.33.